The molecule has 2 rings (SSSR count). The molecule has 0 bridgehead atoms. The van der Waals surface area contributed by atoms with Crippen LogP contribution in [0, 0.1) is 17.3 Å². The molecule has 1 N–H and O–H groups in total. The Labute approximate surface area is 126 Å². The first kappa shape index (κ1) is 16.3. The SMILES string of the molecule is CNCC1(CN(C)C2CCCC(C)C2)CCCC(C)C1. The van der Waals surface area contributed by atoms with Crippen molar-refractivity contribution in [3.05, 3.63) is 0 Å². The molecule has 0 aromatic heterocycles. The molecule has 2 nitrogen and oxygen atoms in total. The fourth-order valence-electron chi connectivity index (χ4n) is 4.96. The molecule has 4 unspecified atom stereocenters. The zero-order valence-electron chi connectivity index (χ0n) is 14.3. The Morgan fingerprint density at radius 3 is 2.50 bits per heavy atom. The van der Waals surface area contributed by atoms with Gasteiger partial charge in [-0.25, -0.2) is 0 Å². The standard InChI is InChI=1S/C18H36N2/c1-15-7-5-9-17(11-15)20(4)14-18(13-19-3)10-6-8-16(2)12-18/h15-17,19H,5-14H2,1-4H3. The number of nitrogens with zero attached hydrogens (tertiary/aromatic N) is 1. The molecule has 2 aliphatic carbocycles. The second kappa shape index (κ2) is 7.26. The topological polar surface area (TPSA) is 15.3 Å². The van der Waals surface area contributed by atoms with Gasteiger partial charge in [-0.15, -0.1) is 0 Å². The van der Waals surface area contributed by atoms with E-state index in [4.69, 9.17) is 0 Å². The van der Waals surface area contributed by atoms with E-state index in [1.807, 2.05) is 0 Å². The molecular formula is C18H36N2. The summed E-state index contributed by atoms with van der Waals surface area (Å²) in [6, 6.07) is 0.838. The fourth-order valence-corrected chi connectivity index (χ4v) is 4.96. The van der Waals surface area contributed by atoms with Crippen LogP contribution in [0.15, 0.2) is 0 Å². The van der Waals surface area contributed by atoms with E-state index in [2.05, 4.69) is 38.2 Å². The van der Waals surface area contributed by atoms with E-state index in [0.29, 0.717) is 5.41 Å². The van der Waals surface area contributed by atoms with Crippen LogP contribution in [0.4, 0.5) is 0 Å². The molecule has 2 aliphatic rings. The number of hydrogen-bond donors (Lipinski definition) is 1. The third-order valence-corrected chi connectivity index (χ3v) is 5.85. The van der Waals surface area contributed by atoms with Gasteiger partial charge >= 0.3 is 0 Å². The highest BCUT2D eigenvalue weighted by Crippen LogP contribution is 2.40. The lowest BCUT2D eigenvalue weighted by atomic mass is 9.69. The zero-order valence-corrected chi connectivity index (χ0v) is 14.3. The van der Waals surface area contributed by atoms with E-state index < -0.39 is 0 Å². The van der Waals surface area contributed by atoms with Crippen LogP contribution in [0.5, 0.6) is 0 Å². The Kier molecular flexibility index (Phi) is 5.92. The molecule has 0 aromatic rings. The maximum atomic E-state index is 3.49. The summed E-state index contributed by atoms with van der Waals surface area (Å²) in [6.45, 7) is 7.39. The highest BCUT2D eigenvalue weighted by atomic mass is 15.1. The summed E-state index contributed by atoms with van der Waals surface area (Å²) in [4.78, 5) is 2.71. The third-order valence-electron chi connectivity index (χ3n) is 5.85. The van der Waals surface area contributed by atoms with Crippen molar-refractivity contribution in [2.75, 3.05) is 27.2 Å². The van der Waals surface area contributed by atoms with Crippen LogP contribution in [0.1, 0.15) is 65.2 Å². The van der Waals surface area contributed by atoms with Crippen molar-refractivity contribution in [1.29, 1.82) is 0 Å². The maximum Gasteiger partial charge on any atom is 0.00949 e. The summed E-state index contributed by atoms with van der Waals surface area (Å²) >= 11 is 0. The Bertz CT molecular complexity index is 287. The first-order chi connectivity index (χ1) is 9.54. The quantitative estimate of drug-likeness (QED) is 0.821. The monoisotopic (exact) mass is 280 g/mol. The minimum Gasteiger partial charge on any atom is -0.319 e. The molecule has 0 heterocycles. The molecule has 0 amide bonds. The molecule has 2 saturated carbocycles. The van der Waals surface area contributed by atoms with Crippen LogP contribution in [-0.2, 0) is 0 Å². The highest BCUT2D eigenvalue weighted by molar-refractivity contribution is 4.91. The maximum absolute atomic E-state index is 3.49. The molecule has 0 saturated heterocycles. The molecule has 2 fully saturated rings. The highest BCUT2D eigenvalue weighted by Gasteiger charge is 2.37. The normalized spacial score (nSPS) is 39.1. The second-order valence-electron chi connectivity index (χ2n) is 8.07. The molecule has 0 aromatic carbocycles. The summed E-state index contributed by atoms with van der Waals surface area (Å²) in [5.41, 5.74) is 0.530. The van der Waals surface area contributed by atoms with E-state index in [1.165, 1.54) is 64.5 Å². The van der Waals surface area contributed by atoms with Gasteiger partial charge in [0.15, 0.2) is 0 Å². The summed E-state index contributed by atoms with van der Waals surface area (Å²) in [6.07, 6.45) is 11.4. The van der Waals surface area contributed by atoms with Crippen molar-refractivity contribution < 1.29 is 0 Å². The summed E-state index contributed by atoms with van der Waals surface area (Å²) in [5, 5.41) is 3.49. The lowest BCUT2D eigenvalue weighted by molar-refractivity contribution is 0.0578. The summed E-state index contributed by atoms with van der Waals surface area (Å²) < 4.78 is 0. The summed E-state index contributed by atoms with van der Waals surface area (Å²) in [5.74, 6) is 1.84. The first-order valence-corrected chi connectivity index (χ1v) is 8.89. The number of hydrogen-bond acceptors (Lipinski definition) is 2. The van der Waals surface area contributed by atoms with Gasteiger partial charge < -0.3 is 10.2 Å². The summed E-state index contributed by atoms with van der Waals surface area (Å²) in [7, 11) is 4.52. The van der Waals surface area contributed by atoms with Gasteiger partial charge in [0.05, 0.1) is 0 Å². The van der Waals surface area contributed by atoms with E-state index in [9.17, 15) is 0 Å². The van der Waals surface area contributed by atoms with Crippen LogP contribution in [0.3, 0.4) is 0 Å². The van der Waals surface area contributed by atoms with Crippen LogP contribution in [0.2, 0.25) is 0 Å². The average Bonchev–Trinajstić information content (AvgIpc) is 2.38. The molecule has 0 radical (unpaired) electrons. The van der Waals surface area contributed by atoms with Gasteiger partial charge in [0.2, 0.25) is 0 Å². The van der Waals surface area contributed by atoms with Crippen molar-refractivity contribution in [2.45, 2.75) is 71.3 Å². The van der Waals surface area contributed by atoms with Crippen molar-refractivity contribution in [3.63, 3.8) is 0 Å². The van der Waals surface area contributed by atoms with E-state index >= 15 is 0 Å². The van der Waals surface area contributed by atoms with Crippen LogP contribution < -0.4 is 5.32 Å². The molecule has 0 aliphatic heterocycles. The molecule has 2 heteroatoms. The Morgan fingerprint density at radius 1 is 1.10 bits per heavy atom. The Balaban J connectivity index is 1.96. The van der Waals surface area contributed by atoms with Gasteiger partial charge in [0.25, 0.3) is 0 Å². The lowest BCUT2D eigenvalue weighted by Crippen LogP contribution is -2.48. The van der Waals surface area contributed by atoms with Crippen molar-refractivity contribution in [3.8, 4) is 0 Å². The van der Waals surface area contributed by atoms with Gasteiger partial charge in [-0.1, -0.05) is 39.5 Å². The van der Waals surface area contributed by atoms with Crippen molar-refractivity contribution in [2.24, 2.45) is 17.3 Å². The fraction of sp³-hybridized carbons (Fsp3) is 1.00. The van der Waals surface area contributed by atoms with Gasteiger partial charge in [0, 0.05) is 19.1 Å². The third kappa shape index (κ3) is 4.21. The first-order valence-electron chi connectivity index (χ1n) is 8.89. The van der Waals surface area contributed by atoms with Gasteiger partial charge in [-0.2, -0.15) is 0 Å². The predicted octanol–water partition coefficient (Wildman–Crippen LogP) is 3.91. The van der Waals surface area contributed by atoms with Crippen molar-refractivity contribution in [1.82, 2.24) is 10.2 Å². The number of rotatable bonds is 5. The van der Waals surface area contributed by atoms with Crippen LogP contribution >= 0.6 is 0 Å². The average molecular weight is 280 g/mol. The largest absolute Gasteiger partial charge is 0.319 e. The van der Waals surface area contributed by atoms with Gasteiger partial charge in [0.1, 0.15) is 0 Å². The minimum atomic E-state index is 0.530. The predicted molar refractivity (Wildman–Crippen MR) is 88.0 cm³/mol. The van der Waals surface area contributed by atoms with Crippen LogP contribution in [-0.4, -0.2) is 38.1 Å². The molecule has 0 spiro atoms. The van der Waals surface area contributed by atoms with E-state index in [-0.39, 0.29) is 0 Å². The molecule has 4 atom stereocenters. The van der Waals surface area contributed by atoms with Gasteiger partial charge in [-0.05, 0) is 57.0 Å². The van der Waals surface area contributed by atoms with E-state index in [0.717, 1.165) is 17.9 Å². The minimum absolute atomic E-state index is 0.530. The Hall–Kier alpha value is -0.0800. The molecule has 20 heavy (non-hydrogen) atoms. The van der Waals surface area contributed by atoms with Crippen LogP contribution in [0.25, 0.3) is 0 Å². The van der Waals surface area contributed by atoms with E-state index in [1.54, 1.807) is 0 Å². The molecular weight excluding hydrogens is 244 g/mol. The van der Waals surface area contributed by atoms with Gasteiger partial charge in [-0.3, -0.25) is 0 Å². The zero-order chi connectivity index (χ0) is 14.6. The second-order valence-corrected chi connectivity index (χ2v) is 8.07. The smallest absolute Gasteiger partial charge is 0.00949 e. The molecule has 118 valence electrons. The number of nitrogens with one attached hydrogen (secondary N) is 1. The lowest BCUT2D eigenvalue weighted by Gasteiger charge is -2.45. The van der Waals surface area contributed by atoms with Crippen molar-refractivity contribution >= 4 is 0 Å². The Morgan fingerprint density at radius 2 is 1.85 bits per heavy atom.